The maximum Gasteiger partial charge on any atom is 0.251 e. The summed E-state index contributed by atoms with van der Waals surface area (Å²) in [6.07, 6.45) is 0. The fraction of sp³-hybridized carbons (Fsp3) is 0.200. The van der Waals surface area contributed by atoms with Gasteiger partial charge in [-0.25, -0.2) is 0 Å². The number of nitrogens with one attached hydrogen (secondary N) is 1. The maximum absolute atomic E-state index is 11.5. The Labute approximate surface area is 88.3 Å². The third-order valence-electron chi connectivity index (χ3n) is 1.81. The van der Waals surface area contributed by atoms with Gasteiger partial charge in [0.05, 0.1) is 11.0 Å². The molecule has 0 unspecified atom stereocenters. The number of carbonyl (C=O) groups excluding carboxylic acids is 1. The molecule has 1 rings (SSSR count). The predicted octanol–water partition coefficient (Wildman–Crippen LogP) is 1.09. The van der Waals surface area contributed by atoms with Crippen molar-refractivity contribution in [3.8, 4) is 0 Å². The molecule has 0 saturated heterocycles. The predicted molar refractivity (Wildman–Crippen MR) is 60.2 cm³/mol. The van der Waals surface area contributed by atoms with Crippen molar-refractivity contribution in [2.75, 3.05) is 0 Å². The lowest BCUT2D eigenvalue weighted by atomic mass is 10.2. The van der Waals surface area contributed by atoms with E-state index in [9.17, 15) is 4.79 Å². The highest BCUT2D eigenvalue weighted by Crippen LogP contribution is 1.98. The summed E-state index contributed by atoms with van der Waals surface area (Å²) >= 11 is 4.75. The van der Waals surface area contributed by atoms with Crippen LogP contribution in [-0.4, -0.2) is 16.9 Å². The number of carbonyl (C=O) groups is 1. The van der Waals surface area contributed by atoms with E-state index in [0.29, 0.717) is 5.56 Å². The molecular weight excluding hydrogens is 196 g/mol. The fourth-order valence-electron chi connectivity index (χ4n) is 0.941. The van der Waals surface area contributed by atoms with E-state index in [-0.39, 0.29) is 16.9 Å². The zero-order valence-corrected chi connectivity index (χ0v) is 8.67. The third kappa shape index (κ3) is 2.81. The highest BCUT2D eigenvalue weighted by Gasteiger charge is 2.10. The summed E-state index contributed by atoms with van der Waals surface area (Å²) < 4.78 is 0. The molecule has 0 aliphatic rings. The van der Waals surface area contributed by atoms with Gasteiger partial charge < -0.3 is 11.1 Å². The van der Waals surface area contributed by atoms with E-state index in [0.717, 1.165) is 0 Å². The molecule has 0 aliphatic carbocycles. The van der Waals surface area contributed by atoms with Gasteiger partial charge in [-0.05, 0) is 19.1 Å². The second-order valence-corrected chi connectivity index (χ2v) is 3.43. The summed E-state index contributed by atoms with van der Waals surface area (Å²) in [5.74, 6) is -0.161. The van der Waals surface area contributed by atoms with E-state index < -0.39 is 0 Å². The second-order valence-electron chi connectivity index (χ2n) is 2.96. The SMILES string of the molecule is C[C@@H](NC(=O)c1ccccc1)C(N)=S. The van der Waals surface area contributed by atoms with Gasteiger partial charge in [0.1, 0.15) is 0 Å². The van der Waals surface area contributed by atoms with Crippen LogP contribution < -0.4 is 11.1 Å². The molecule has 0 aromatic heterocycles. The van der Waals surface area contributed by atoms with Crippen molar-refractivity contribution in [3.05, 3.63) is 35.9 Å². The van der Waals surface area contributed by atoms with Gasteiger partial charge in [-0.15, -0.1) is 0 Å². The zero-order valence-electron chi connectivity index (χ0n) is 7.86. The number of benzene rings is 1. The first kappa shape index (κ1) is 10.7. The monoisotopic (exact) mass is 208 g/mol. The largest absolute Gasteiger partial charge is 0.392 e. The first-order chi connectivity index (χ1) is 6.61. The molecule has 3 nitrogen and oxygen atoms in total. The van der Waals surface area contributed by atoms with Crippen LogP contribution in [-0.2, 0) is 0 Å². The Bertz CT molecular complexity index is 337. The van der Waals surface area contributed by atoms with Crippen molar-refractivity contribution in [2.45, 2.75) is 13.0 Å². The lowest BCUT2D eigenvalue weighted by molar-refractivity contribution is 0.0949. The van der Waals surface area contributed by atoms with Gasteiger partial charge in [-0.2, -0.15) is 0 Å². The van der Waals surface area contributed by atoms with Crippen molar-refractivity contribution >= 4 is 23.1 Å². The van der Waals surface area contributed by atoms with Crippen LogP contribution in [0.25, 0.3) is 0 Å². The molecule has 14 heavy (non-hydrogen) atoms. The quantitative estimate of drug-likeness (QED) is 0.731. The standard InChI is InChI=1S/C10H12N2OS/c1-7(9(11)14)12-10(13)8-5-3-2-4-6-8/h2-7H,1H3,(H2,11,14)(H,12,13)/t7-/m1/s1. The first-order valence-corrected chi connectivity index (χ1v) is 4.67. The van der Waals surface area contributed by atoms with Gasteiger partial charge in [0.15, 0.2) is 0 Å². The molecule has 1 atom stereocenters. The summed E-state index contributed by atoms with van der Waals surface area (Å²) in [6.45, 7) is 1.75. The van der Waals surface area contributed by atoms with Crippen LogP contribution >= 0.6 is 12.2 Å². The smallest absolute Gasteiger partial charge is 0.251 e. The van der Waals surface area contributed by atoms with E-state index in [1.165, 1.54) is 0 Å². The Hall–Kier alpha value is -1.42. The Morgan fingerprint density at radius 2 is 2.00 bits per heavy atom. The molecule has 1 aromatic carbocycles. The third-order valence-corrected chi connectivity index (χ3v) is 2.16. The lowest BCUT2D eigenvalue weighted by Crippen LogP contribution is -2.41. The van der Waals surface area contributed by atoms with Gasteiger partial charge in [0, 0.05) is 5.56 Å². The summed E-state index contributed by atoms with van der Waals surface area (Å²) in [5, 5.41) is 2.69. The maximum atomic E-state index is 11.5. The summed E-state index contributed by atoms with van der Waals surface area (Å²) in [7, 11) is 0. The Morgan fingerprint density at radius 3 is 2.50 bits per heavy atom. The molecular formula is C10H12N2OS. The van der Waals surface area contributed by atoms with Crippen molar-refractivity contribution in [1.29, 1.82) is 0 Å². The van der Waals surface area contributed by atoms with Gasteiger partial charge >= 0.3 is 0 Å². The average Bonchev–Trinajstić information content (AvgIpc) is 2.19. The molecule has 1 amide bonds. The van der Waals surface area contributed by atoms with Crippen LogP contribution in [0.4, 0.5) is 0 Å². The van der Waals surface area contributed by atoms with E-state index in [4.69, 9.17) is 18.0 Å². The molecule has 0 fully saturated rings. The molecule has 0 heterocycles. The Kier molecular flexibility index (Phi) is 3.59. The van der Waals surface area contributed by atoms with Crippen LogP contribution in [0.2, 0.25) is 0 Å². The van der Waals surface area contributed by atoms with Crippen LogP contribution in [0, 0.1) is 0 Å². The topological polar surface area (TPSA) is 55.1 Å². The average molecular weight is 208 g/mol. The van der Waals surface area contributed by atoms with Crippen LogP contribution in [0.1, 0.15) is 17.3 Å². The number of rotatable bonds is 3. The van der Waals surface area contributed by atoms with E-state index in [1.54, 1.807) is 31.2 Å². The molecule has 3 N–H and O–H groups in total. The Morgan fingerprint density at radius 1 is 1.43 bits per heavy atom. The normalized spacial score (nSPS) is 11.8. The summed E-state index contributed by atoms with van der Waals surface area (Å²) in [5.41, 5.74) is 5.99. The number of hydrogen-bond donors (Lipinski definition) is 2. The highest BCUT2D eigenvalue weighted by molar-refractivity contribution is 7.80. The van der Waals surface area contributed by atoms with E-state index >= 15 is 0 Å². The summed E-state index contributed by atoms with van der Waals surface area (Å²) in [6, 6.07) is 8.66. The number of hydrogen-bond acceptors (Lipinski definition) is 2. The minimum absolute atomic E-state index is 0.161. The van der Waals surface area contributed by atoms with Gasteiger partial charge in [-0.3, -0.25) is 4.79 Å². The molecule has 0 aliphatic heterocycles. The molecule has 0 bridgehead atoms. The number of amides is 1. The van der Waals surface area contributed by atoms with Crippen molar-refractivity contribution in [3.63, 3.8) is 0 Å². The first-order valence-electron chi connectivity index (χ1n) is 4.26. The molecule has 1 aromatic rings. The fourth-order valence-corrected chi connectivity index (χ4v) is 1.000. The minimum atomic E-state index is -0.280. The number of thiocarbonyl (C=S) groups is 1. The van der Waals surface area contributed by atoms with Crippen LogP contribution in [0.3, 0.4) is 0 Å². The van der Waals surface area contributed by atoms with Crippen molar-refractivity contribution in [1.82, 2.24) is 5.32 Å². The Balaban J connectivity index is 2.64. The molecule has 0 radical (unpaired) electrons. The van der Waals surface area contributed by atoms with E-state index in [2.05, 4.69) is 5.32 Å². The minimum Gasteiger partial charge on any atom is -0.392 e. The van der Waals surface area contributed by atoms with Gasteiger partial charge in [0.25, 0.3) is 5.91 Å². The van der Waals surface area contributed by atoms with Gasteiger partial charge in [0.2, 0.25) is 0 Å². The van der Waals surface area contributed by atoms with Crippen molar-refractivity contribution < 1.29 is 4.79 Å². The molecule has 4 heteroatoms. The highest BCUT2D eigenvalue weighted by atomic mass is 32.1. The number of nitrogens with two attached hydrogens (primary N) is 1. The molecule has 74 valence electrons. The molecule has 0 spiro atoms. The van der Waals surface area contributed by atoms with Crippen molar-refractivity contribution in [2.24, 2.45) is 5.73 Å². The zero-order chi connectivity index (χ0) is 10.6. The van der Waals surface area contributed by atoms with Crippen LogP contribution in [0.15, 0.2) is 30.3 Å². The second kappa shape index (κ2) is 4.72. The van der Waals surface area contributed by atoms with E-state index in [1.807, 2.05) is 6.07 Å². The summed E-state index contributed by atoms with van der Waals surface area (Å²) in [4.78, 5) is 11.8. The molecule has 0 saturated carbocycles. The van der Waals surface area contributed by atoms with Crippen LogP contribution in [0.5, 0.6) is 0 Å². The lowest BCUT2D eigenvalue weighted by Gasteiger charge is -2.11. The van der Waals surface area contributed by atoms with Gasteiger partial charge in [-0.1, -0.05) is 30.4 Å².